The molecule has 3 rings (SSSR count). The zero-order chi connectivity index (χ0) is 21.5. The second-order valence-electron chi connectivity index (χ2n) is 8.24. The molecule has 0 fully saturated rings. The number of hydrogen-bond acceptors (Lipinski definition) is 3. The first kappa shape index (κ1) is 21.8. The Hall–Kier alpha value is -2.92. The third-order valence-electron chi connectivity index (χ3n) is 5.58. The number of nitrogens with zero attached hydrogens (tertiary/aromatic N) is 1. The highest BCUT2D eigenvalue weighted by molar-refractivity contribution is 5.88. The van der Waals surface area contributed by atoms with Crippen molar-refractivity contribution in [3.8, 4) is 0 Å². The normalized spacial score (nSPS) is 15.4. The van der Waals surface area contributed by atoms with Crippen LogP contribution in [-0.2, 0) is 29.1 Å². The molecule has 0 saturated heterocycles. The van der Waals surface area contributed by atoms with Crippen LogP contribution in [0, 0.1) is 5.92 Å². The van der Waals surface area contributed by atoms with E-state index in [4.69, 9.17) is 5.73 Å². The first-order valence-corrected chi connectivity index (χ1v) is 10.6. The smallest absolute Gasteiger partial charge is 0.246 e. The number of aryl methyl sites for hydroxylation is 1. The average molecular weight is 406 g/mol. The minimum atomic E-state index is -0.443. The highest BCUT2D eigenvalue weighted by atomic mass is 16.2. The predicted molar refractivity (Wildman–Crippen MR) is 119 cm³/mol. The second kappa shape index (κ2) is 10.2. The van der Waals surface area contributed by atoms with Crippen molar-refractivity contribution in [2.75, 3.05) is 0 Å². The Morgan fingerprint density at radius 2 is 1.63 bits per heavy atom. The quantitative estimate of drug-likeness (QED) is 0.629. The summed E-state index contributed by atoms with van der Waals surface area (Å²) >= 11 is 0. The van der Waals surface area contributed by atoms with Crippen LogP contribution in [0.4, 0.5) is 0 Å². The molecule has 2 aromatic rings. The van der Waals surface area contributed by atoms with Crippen LogP contribution in [0.15, 0.2) is 66.7 Å². The highest BCUT2D eigenvalue weighted by Crippen LogP contribution is 2.22. The molecular weight excluding hydrogens is 374 g/mol. The van der Waals surface area contributed by atoms with Crippen LogP contribution in [0.2, 0.25) is 0 Å². The van der Waals surface area contributed by atoms with Gasteiger partial charge in [0.05, 0.1) is 6.04 Å². The summed E-state index contributed by atoms with van der Waals surface area (Å²) in [7, 11) is 0. The van der Waals surface area contributed by atoms with E-state index in [2.05, 4.69) is 29.6 Å². The minimum absolute atomic E-state index is 0.0158. The molecule has 2 aromatic carbocycles. The number of hydrogen-bond donors (Lipinski definition) is 2. The van der Waals surface area contributed by atoms with Crippen LogP contribution < -0.4 is 11.1 Å². The van der Waals surface area contributed by atoms with E-state index in [1.54, 1.807) is 6.08 Å². The van der Waals surface area contributed by atoms with Gasteiger partial charge in [0.15, 0.2) is 0 Å². The number of fused-ring (bicyclic) bond motifs is 1. The number of nitrogens with one attached hydrogen (secondary N) is 1. The SMILES string of the molecule is CC(C)[C@H](N[C@H](/C=C/C(=O)N1Cc2ccccc2C1)CCc1ccccc1)C(N)=O. The van der Waals surface area contributed by atoms with Crippen LogP contribution in [0.5, 0.6) is 0 Å². The largest absolute Gasteiger partial charge is 0.368 e. The average Bonchev–Trinajstić information content (AvgIpc) is 3.17. The molecule has 3 N–H and O–H groups in total. The molecule has 5 heteroatoms. The minimum Gasteiger partial charge on any atom is -0.368 e. The number of nitrogens with two attached hydrogens (primary N) is 1. The Balaban J connectivity index is 1.67. The van der Waals surface area contributed by atoms with Gasteiger partial charge in [-0.05, 0) is 35.4 Å². The molecule has 1 aliphatic heterocycles. The van der Waals surface area contributed by atoms with Crippen LogP contribution in [0.3, 0.4) is 0 Å². The molecule has 1 heterocycles. The summed E-state index contributed by atoms with van der Waals surface area (Å²) in [6, 6.07) is 17.8. The van der Waals surface area contributed by atoms with E-state index >= 15 is 0 Å². The van der Waals surface area contributed by atoms with Gasteiger partial charge in [-0.15, -0.1) is 0 Å². The molecule has 158 valence electrons. The van der Waals surface area contributed by atoms with Crippen molar-refractivity contribution in [3.05, 3.63) is 83.4 Å². The third-order valence-corrected chi connectivity index (χ3v) is 5.58. The van der Waals surface area contributed by atoms with Crippen molar-refractivity contribution in [2.45, 2.75) is 51.9 Å². The Kier molecular flexibility index (Phi) is 7.41. The summed E-state index contributed by atoms with van der Waals surface area (Å²) in [4.78, 5) is 26.5. The standard InChI is InChI=1S/C25H31N3O2/c1-18(2)24(25(26)30)27-22(13-12-19-8-4-3-5-9-19)14-15-23(29)28-16-20-10-6-7-11-21(20)17-28/h3-11,14-15,18,22,24,27H,12-13,16-17H2,1-2H3,(H2,26,30)/b15-14+/t22-,24-/m0/s1. The fourth-order valence-electron chi connectivity index (χ4n) is 3.83. The van der Waals surface area contributed by atoms with Gasteiger partial charge in [0.2, 0.25) is 11.8 Å². The monoisotopic (exact) mass is 405 g/mol. The lowest BCUT2D eigenvalue weighted by Crippen LogP contribution is -2.49. The summed E-state index contributed by atoms with van der Waals surface area (Å²) in [5.41, 5.74) is 9.22. The Morgan fingerprint density at radius 3 is 2.20 bits per heavy atom. The molecule has 0 saturated carbocycles. The molecule has 5 nitrogen and oxygen atoms in total. The Bertz CT molecular complexity index is 867. The van der Waals surface area contributed by atoms with Crippen molar-refractivity contribution in [1.29, 1.82) is 0 Å². The fourth-order valence-corrected chi connectivity index (χ4v) is 3.83. The van der Waals surface area contributed by atoms with Crippen LogP contribution in [0.25, 0.3) is 0 Å². The van der Waals surface area contributed by atoms with E-state index in [1.165, 1.54) is 16.7 Å². The van der Waals surface area contributed by atoms with Gasteiger partial charge in [0.25, 0.3) is 0 Å². The summed E-state index contributed by atoms with van der Waals surface area (Å²) in [6.45, 7) is 5.20. The molecule has 30 heavy (non-hydrogen) atoms. The van der Waals surface area contributed by atoms with Gasteiger partial charge in [0, 0.05) is 25.2 Å². The molecule has 0 bridgehead atoms. The summed E-state index contributed by atoms with van der Waals surface area (Å²) < 4.78 is 0. The molecule has 2 atom stereocenters. The maximum Gasteiger partial charge on any atom is 0.246 e. The second-order valence-corrected chi connectivity index (χ2v) is 8.24. The number of carbonyl (C=O) groups is 2. The maximum atomic E-state index is 12.8. The third kappa shape index (κ3) is 5.80. The lowest BCUT2D eigenvalue weighted by Gasteiger charge is -2.24. The topological polar surface area (TPSA) is 75.4 Å². The van der Waals surface area contributed by atoms with Crippen molar-refractivity contribution >= 4 is 11.8 Å². The lowest BCUT2D eigenvalue weighted by atomic mass is 9.99. The first-order chi connectivity index (χ1) is 14.4. The van der Waals surface area contributed by atoms with Crippen molar-refractivity contribution in [2.24, 2.45) is 11.7 Å². The summed E-state index contributed by atoms with van der Waals surface area (Å²) in [5, 5.41) is 3.35. The molecule has 1 aliphatic rings. The number of benzene rings is 2. The highest BCUT2D eigenvalue weighted by Gasteiger charge is 2.24. The van der Waals surface area contributed by atoms with E-state index in [0.717, 1.165) is 12.8 Å². The van der Waals surface area contributed by atoms with Gasteiger partial charge < -0.3 is 10.6 Å². The zero-order valence-electron chi connectivity index (χ0n) is 17.8. The van der Waals surface area contributed by atoms with E-state index in [-0.39, 0.29) is 23.8 Å². The molecule has 0 aliphatic carbocycles. The van der Waals surface area contributed by atoms with Gasteiger partial charge in [-0.1, -0.05) is 74.5 Å². The molecule has 0 spiro atoms. The van der Waals surface area contributed by atoms with E-state index in [1.807, 2.05) is 55.2 Å². The summed E-state index contributed by atoms with van der Waals surface area (Å²) in [6.07, 6.45) is 5.12. The molecule has 2 amide bonds. The molecule has 0 radical (unpaired) electrons. The van der Waals surface area contributed by atoms with Crippen molar-refractivity contribution < 1.29 is 9.59 Å². The molecular formula is C25H31N3O2. The maximum absolute atomic E-state index is 12.8. The predicted octanol–water partition coefficient (Wildman–Crippen LogP) is 3.19. The van der Waals surface area contributed by atoms with Crippen LogP contribution in [0.1, 0.15) is 37.0 Å². The van der Waals surface area contributed by atoms with Crippen LogP contribution in [-0.4, -0.2) is 28.8 Å². The Labute approximate surface area is 179 Å². The summed E-state index contributed by atoms with van der Waals surface area (Å²) in [5.74, 6) is -0.318. The van der Waals surface area contributed by atoms with Gasteiger partial charge >= 0.3 is 0 Å². The van der Waals surface area contributed by atoms with Gasteiger partial charge in [-0.25, -0.2) is 0 Å². The van der Waals surface area contributed by atoms with Crippen molar-refractivity contribution in [1.82, 2.24) is 10.2 Å². The van der Waals surface area contributed by atoms with Crippen LogP contribution >= 0.6 is 0 Å². The lowest BCUT2D eigenvalue weighted by molar-refractivity contribution is -0.126. The number of rotatable bonds is 9. The fraction of sp³-hybridized carbons (Fsp3) is 0.360. The van der Waals surface area contributed by atoms with Gasteiger partial charge in [0.1, 0.15) is 0 Å². The van der Waals surface area contributed by atoms with Crippen molar-refractivity contribution in [3.63, 3.8) is 0 Å². The number of amides is 2. The van der Waals surface area contributed by atoms with E-state index in [9.17, 15) is 9.59 Å². The van der Waals surface area contributed by atoms with Gasteiger partial charge in [-0.3, -0.25) is 14.9 Å². The van der Waals surface area contributed by atoms with Gasteiger partial charge in [-0.2, -0.15) is 0 Å². The number of carbonyl (C=O) groups excluding carboxylic acids is 2. The first-order valence-electron chi connectivity index (χ1n) is 10.6. The zero-order valence-corrected chi connectivity index (χ0v) is 17.8. The van der Waals surface area contributed by atoms with E-state index < -0.39 is 6.04 Å². The number of primary amides is 1. The van der Waals surface area contributed by atoms with E-state index in [0.29, 0.717) is 13.1 Å². The molecule has 0 unspecified atom stereocenters. The molecule has 0 aromatic heterocycles. The Morgan fingerprint density at radius 1 is 1.03 bits per heavy atom.